The summed E-state index contributed by atoms with van der Waals surface area (Å²) in [5, 5.41) is 0. The molecule has 0 aromatic rings. The van der Waals surface area contributed by atoms with E-state index in [9.17, 15) is 9.18 Å². The Morgan fingerprint density at radius 3 is 2.62 bits per heavy atom. The highest BCUT2D eigenvalue weighted by atomic mass is 19.1. The van der Waals surface area contributed by atoms with Crippen molar-refractivity contribution in [3.05, 3.63) is 0 Å². The molecule has 4 saturated carbocycles. The van der Waals surface area contributed by atoms with E-state index in [0.29, 0.717) is 23.0 Å². The third-order valence-corrected chi connectivity index (χ3v) is 8.31. The Morgan fingerprint density at radius 2 is 1.81 bits per heavy atom. The van der Waals surface area contributed by atoms with Gasteiger partial charge in [-0.05, 0) is 80.5 Å². The minimum Gasteiger partial charge on any atom is -0.299 e. The van der Waals surface area contributed by atoms with Crippen molar-refractivity contribution in [1.29, 1.82) is 0 Å². The summed E-state index contributed by atoms with van der Waals surface area (Å²) in [6.07, 6.45) is 8.83. The molecule has 0 amide bonds. The molecule has 1 nitrogen and oxygen atoms in total. The summed E-state index contributed by atoms with van der Waals surface area (Å²) in [5.74, 6) is 3.26. The summed E-state index contributed by atoms with van der Waals surface area (Å²) in [6.45, 7) is 4.70. The third-order valence-electron chi connectivity index (χ3n) is 8.31. The molecule has 21 heavy (non-hydrogen) atoms. The van der Waals surface area contributed by atoms with Gasteiger partial charge < -0.3 is 0 Å². The largest absolute Gasteiger partial charge is 0.299 e. The Balaban J connectivity index is 1.64. The minimum absolute atomic E-state index is 0.0122. The minimum atomic E-state index is -0.554. The Hall–Kier alpha value is -0.400. The van der Waals surface area contributed by atoms with Crippen LogP contribution in [0.2, 0.25) is 0 Å². The van der Waals surface area contributed by atoms with E-state index in [2.05, 4.69) is 13.8 Å². The van der Waals surface area contributed by atoms with E-state index in [1.54, 1.807) is 0 Å². The Bertz CT molecular complexity index is 460. The number of hydrogen-bond donors (Lipinski definition) is 0. The molecule has 0 heterocycles. The zero-order chi connectivity index (χ0) is 14.8. The lowest BCUT2D eigenvalue weighted by atomic mass is 9.45. The number of hydrogen-bond acceptors (Lipinski definition) is 1. The Morgan fingerprint density at radius 1 is 1.00 bits per heavy atom. The zero-order valence-electron chi connectivity index (χ0n) is 13.5. The van der Waals surface area contributed by atoms with Crippen molar-refractivity contribution in [2.24, 2.45) is 34.5 Å². The lowest BCUT2D eigenvalue weighted by Gasteiger charge is -2.59. The molecule has 0 saturated heterocycles. The normalized spacial score (nSPS) is 56.5. The van der Waals surface area contributed by atoms with Crippen molar-refractivity contribution >= 4 is 5.78 Å². The van der Waals surface area contributed by atoms with Crippen molar-refractivity contribution in [2.75, 3.05) is 0 Å². The molecule has 0 aliphatic heterocycles. The molecule has 4 fully saturated rings. The summed E-state index contributed by atoms with van der Waals surface area (Å²) in [6, 6.07) is 0. The molecular weight excluding hydrogens is 263 g/mol. The average Bonchev–Trinajstić information content (AvgIpc) is 2.76. The molecule has 118 valence electrons. The SMILES string of the molecule is C[C@@]12CC[C@@H](F)C[C@@H]1CC[C@H]1[C@H]2CC[C@]2(C)C(=O)CC[C@@H]12. The Kier molecular flexibility index (Phi) is 3.08. The van der Waals surface area contributed by atoms with Gasteiger partial charge in [-0.1, -0.05) is 13.8 Å². The first-order valence-electron chi connectivity index (χ1n) is 9.12. The molecule has 0 spiro atoms. The zero-order valence-corrected chi connectivity index (χ0v) is 13.5. The fraction of sp³-hybridized carbons (Fsp3) is 0.947. The van der Waals surface area contributed by atoms with Crippen LogP contribution in [0.4, 0.5) is 4.39 Å². The van der Waals surface area contributed by atoms with Crippen LogP contribution in [0.3, 0.4) is 0 Å². The molecule has 4 rings (SSSR count). The highest BCUT2D eigenvalue weighted by Gasteiger charge is 2.60. The van der Waals surface area contributed by atoms with Crippen molar-refractivity contribution in [3.63, 3.8) is 0 Å². The molecule has 4 aliphatic carbocycles. The number of halogens is 1. The summed E-state index contributed by atoms with van der Waals surface area (Å²) >= 11 is 0. The van der Waals surface area contributed by atoms with Crippen molar-refractivity contribution in [3.8, 4) is 0 Å². The first-order chi connectivity index (χ1) is 9.95. The van der Waals surface area contributed by atoms with Crippen LogP contribution in [0.1, 0.15) is 71.6 Å². The van der Waals surface area contributed by atoms with Crippen LogP contribution < -0.4 is 0 Å². The number of carbonyl (C=O) groups excluding carboxylic acids is 1. The fourth-order valence-electron chi connectivity index (χ4n) is 6.98. The lowest BCUT2D eigenvalue weighted by molar-refractivity contribution is -0.140. The van der Waals surface area contributed by atoms with E-state index < -0.39 is 6.17 Å². The van der Waals surface area contributed by atoms with Gasteiger partial charge in [0.2, 0.25) is 0 Å². The van der Waals surface area contributed by atoms with Crippen LogP contribution in [-0.4, -0.2) is 12.0 Å². The van der Waals surface area contributed by atoms with Crippen LogP contribution in [0, 0.1) is 34.5 Å². The average molecular weight is 292 g/mol. The molecule has 0 unspecified atom stereocenters. The second kappa shape index (κ2) is 4.55. The number of rotatable bonds is 0. The van der Waals surface area contributed by atoms with Crippen molar-refractivity contribution in [2.45, 2.75) is 77.8 Å². The number of Topliss-reactive ketones (excluding diaryl/α,β-unsaturated/α-hetero) is 1. The molecule has 0 bridgehead atoms. The first kappa shape index (κ1) is 14.2. The standard InChI is InChI=1S/C19H29FO/c1-18-9-7-13(20)11-12(18)3-4-14-15-5-6-17(21)19(15,2)10-8-16(14)18/h12-16H,3-11H2,1-2H3/t12-,13+,14+,15-,16+,18+,19-/m0/s1. The summed E-state index contributed by atoms with van der Waals surface area (Å²) in [7, 11) is 0. The maximum atomic E-state index is 13.8. The van der Waals surface area contributed by atoms with Gasteiger partial charge in [0.15, 0.2) is 0 Å². The fourth-order valence-corrected chi connectivity index (χ4v) is 6.98. The van der Waals surface area contributed by atoms with Crippen LogP contribution in [0.5, 0.6) is 0 Å². The molecule has 0 radical (unpaired) electrons. The lowest BCUT2D eigenvalue weighted by Crippen LogP contribution is -2.53. The topological polar surface area (TPSA) is 17.1 Å². The second-order valence-corrected chi connectivity index (χ2v) is 8.95. The summed E-state index contributed by atoms with van der Waals surface area (Å²) in [4.78, 5) is 12.4. The monoisotopic (exact) mass is 292 g/mol. The number of alkyl halides is 1. The van der Waals surface area contributed by atoms with Crippen LogP contribution >= 0.6 is 0 Å². The smallest absolute Gasteiger partial charge is 0.139 e. The predicted octanol–water partition coefficient (Wildman–Crippen LogP) is 4.94. The number of carbonyl (C=O) groups is 1. The van der Waals surface area contributed by atoms with E-state index in [1.165, 1.54) is 19.3 Å². The van der Waals surface area contributed by atoms with Gasteiger partial charge in [0, 0.05) is 11.8 Å². The third kappa shape index (κ3) is 1.83. The molecule has 2 heteroatoms. The van der Waals surface area contributed by atoms with Gasteiger partial charge in [0.1, 0.15) is 12.0 Å². The Labute approximate surface area is 128 Å². The number of fused-ring (bicyclic) bond motifs is 5. The molecule has 0 aromatic carbocycles. The molecular formula is C19H29FO. The van der Waals surface area contributed by atoms with E-state index in [1.807, 2.05) is 0 Å². The van der Waals surface area contributed by atoms with E-state index in [0.717, 1.165) is 50.4 Å². The van der Waals surface area contributed by atoms with E-state index >= 15 is 0 Å². The van der Waals surface area contributed by atoms with Gasteiger partial charge in [-0.25, -0.2) is 4.39 Å². The van der Waals surface area contributed by atoms with E-state index in [-0.39, 0.29) is 5.41 Å². The number of ketones is 1. The highest BCUT2D eigenvalue weighted by molar-refractivity contribution is 5.87. The first-order valence-corrected chi connectivity index (χ1v) is 9.12. The van der Waals surface area contributed by atoms with Gasteiger partial charge in [0.05, 0.1) is 0 Å². The van der Waals surface area contributed by atoms with E-state index in [4.69, 9.17) is 0 Å². The van der Waals surface area contributed by atoms with Gasteiger partial charge >= 0.3 is 0 Å². The van der Waals surface area contributed by atoms with Crippen molar-refractivity contribution in [1.82, 2.24) is 0 Å². The van der Waals surface area contributed by atoms with Gasteiger partial charge in [0.25, 0.3) is 0 Å². The maximum absolute atomic E-state index is 13.8. The van der Waals surface area contributed by atoms with Gasteiger partial charge in [-0.3, -0.25) is 4.79 Å². The molecule has 0 aromatic heterocycles. The predicted molar refractivity (Wildman–Crippen MR) is 81.6 cm³/mol. The van der Waals surface area contributed by atoms with Crippen molar-refractivity contribution < 1.29 is 9.18 Å². The molecule has 4 aliphatic rings. The maximum Gasteiger partial charge on any atom is 0.139 e. The van der Waals surface area contributed by atoms with Gasteiger partial charge in [-0.2, -0.15) is 0 Å². The van der Waals surface area contributed by atoms with Crippen LogP contribution in [-0.2, 0) is 4.79 Å². The van der Waals surface area contributed by atoms with Crippen LogP contribution in [0.15, 0.2) is 0 Å². The quantitative estimate of drug-likeness (QED) is 0.618. The highest BCUT2D eigenvalue weighted by Crippen LogP contribution is 2.65. The van der Waals surface area contributed by atoms with Gasteiger partial charge in [-0.15, -0.1) is 0 Å². The summed E-state index contributed by atoms with van der Waals surface area (Å²) in [5.41, 5.74) is 0.347. The molecule has 0 N–H and O–H groups in total. The van der Waals surface area contributed by atoms with Crippen LogP contribution in [0.25, 0.3) is 0 Å². The second-order valence-electron chi connectivity index (χ2n) is 8.95. The molecule has 7 atom stereocenters. The summed E-state index contributed by atoms with van der Waals surface area (Å²) < 4.78 is 13.8.